The Labute approximate surface area is 102 Å². The first kappa shape index (κ1) is 12.2. The van der Waals surface area contributed by atoms with Crippen molar-refractivity contribution >= 4 is 11.3 Å². The smallest absolute Gasteiger partial charge is 0.132 e. The molecule has 0 aliphatic carbocycles. The van der Waals surface area contributed by atoms with Crippen LogP contribution in [0.3, 0.4) is 0 Å². The van der Waals surface area contributed by atoms with E-state index in [1.807, 2.05) is 13.0 Å². The molecule has 1 atom stereocenters. The number of hydrogen-bond donors (Lipinski definition) is 1. The van der Waals surface area contributed by atoms with Crippen LogP contribution in [0.5, 0.6) is 0 Å². The fraction of sp³-hybridized carbons (Fsp3) is 0.231. The van der Waals surface area contributed by atoms with Crippen molar-refractivity contribution in [2.45, 2.75) is 19.4 Å². The minimum Gasteiger partial charge on any atom is -0.380 e. The van der Waals surface area contributed by atoms with Gasteiger partial charge in [0.25, 0.3) is 0 Å². The molecule has 90 valence electrons. The lowest BCUT2D eigenvalue weighted by molar-refractivity contribution is 0.0973. The average molecular weight is 254 g/mol. The lowest BCUT2D eigenvalue weighted by atomic mass is 9.93. The molecule has 0 saturated carbocycles. The highest BCUT2D eigenvalue weighted by molar-refractivity contribution is 7.12. The lowest BCUT2D eigenvalue weighted by Crippen LogP contribution is -2.24. The third-order valence-corrected chi connectivity index (χ3v) is 3.88. The van der Waals surface area contributed by atoms with Gasteiger partial charge in [0, 0.05) is 9.75 Å². The van der Waals surface area contributed by atoms with Gasteiger partial charge in [-0.3, -0.25) is 0 Å². The van der Waals surface area contributed by atoms with Crippen LogP contribution in [0.2, 0.25) is 0 Å². The molecule has 2 aromatic rings. The van der Waals surface area contributed by atoms with Crippen LogP contribution in [0.25, 0.3) is 0 Å². The molecule has 0 saturated heterocycles. The summed E-state index contributed by atoms with van der Waals surface area (Å²) in [4.78, 5) is 1.51. The topological polar surface area (TPSA) is 20.2 Å². The summed E-state index contributed by atoms with van der Waals surface area (Å²) in [5, 5.41) is 10.4. The molecule has 0 aliphatic rings. The maximum Gasteiger partial charge on any atom is 0.132 e. The lowest BCUT2D eigenvalue weighted by Gasteiger charge is -2.23. The van der Waals surface area contributed by atoms with Crippen LogP contribution in [0, 0.1) is 18.6 Å². The van der Waals surface area contributed by atoms with Crippen molar-refractivity contribution in [2.24, 2.45) is 0 Å². The third kappa shape index (κ3) is 2.10. The summed E-state index contributed by atoms with van der Waals surface area (Å²) in [5.74, 6) is -1.47. The molecular formula is C13H12F2OS. The van der Waals surface area contributed by atoms with Gasteiger partial charge in [0.2, 0.25) is 0 Å². The van der Waals surface area contributed by atoms with Crippen LogP contribution in [-0.2, 0) is 5.60 Å². The molecule has 0 radical (unpaired) electrons. The Morgan fingerprint density at radius 1 is 1.12 bits per heavy atom. The molecule has 1 unspecified atom stereocenters. The van der Waals surface area contributed by atoms with Gasteiger partial charge >= 0.3 is 0 Å². The van der Waals surface area contributed by atoms with E-state index >= 15 is 0 Å². The van der Waals surface area contributed by atoms with Crippen LogP contribution < -0.4 is 0 Å². The Hall–Kier alpha value is -1.26. The number of rotatable bonds is 2. The largest absolute Gasteiger partial charge is 0.380 e. The zero-order valence-electron chi connectivity index (χ0n) is 9.50. The normalized spacial score (nSPS) is 14.6. The molecule has 17 heavy (non-hydrogen) atoms. The van der Waals surface area contributed by atoms with Crippen LogP contribution in [0.4, 0.5) is 8.78 Å². The first-order valence-electron chi connectivity index (χ1n) is 5.16. The second-order valence-electron chi connectivity index (χ2n) is 4.08. The monoisotopic (exact) mass is 254 g/mol. The van der Waals surface area contributed by atoms with Crippen LogP contribution >= 0.6 is 11.3 Å². The Morgan fingerprint density at radius 2 is 1.71 bits per heavy atom. The van der Waals surface area contributed by atoms with Crippen LogP contribution in [0.15, 0.2) is 30.3 Å². The minimum absolute atomic E-state index is 0.304. The minimum atomic E-state index is -1.64. The maximum atomic E-state index is 13.6. The fourth-order valence-corrected chi connectivity index (χ4v) is 2.70. The van der Waals surface area contributed by atoms with Gasteiger partial charge in [-0.25, -0.2) is 8.78 Å². The second-order valence-corrected chi connectivity index (χ2v) is 5.37. The third-order valence-electron chi connectivity index (χ3n) is 2.67. The molecule has 1 aromatic carbocycles. The van der Waals surface area contributed by atoms with E-state index in [0.29, 0.717) is 4.88 Å². The predicted molar refractivity (Wildman–Crippen MR) is 64.1 cm³/mol. The molecule has 0 bridgehead atoms. The average Bonchev–Trinajstić information content (AvgIpc) is 2.64. The Kier molecular flexibility index (Phi) is 3.02. The van der Waals surface area contributed by atoms with E-state index in [4.69, 9.17) is 0 Å². The van der Waals surface area contributed by atoms with E-state index < -0.39 is 17.2 Å². The quantitative estimate of drug-likeness (QED) is 0.868. The summed E-state index contributed by atoms with van der Waals surface area (Å²) in [6.45, 7) is 3.28. The van der Waals surface area contributed by atoms with E-state index in [2.05, 4.69) is 0 Å². The molecule has 1 nitrogen and oxygen atoms in total. The first-order chi connectivity index (χ1) is 7.93. The van der Waals surface area contributed by atoms with Gasteiger partial charge in [-0.1, -0.05) is 6.07 Å². The van der Waals surface area contributed by atoms with Crippen molar-refractivity contribution in [3.05, 3.63) is 57.3 Å². The Bertz CT molecular complexity index is 526. The van der Waals surface area contributed by atoms with Gasteiger partial charge in [-0.2, -0.15) is 0 Å². The van der Waals surface area contributed by atoms with Crippen molar-refractivity contribution < 1.29 is 13.9 Å². The Morgan fingerprint density at radius 3 is 2.18 bits per heavy atom. The van der Waals surface area contributed by atoms with E-state index in [1.54, 1.807) is 6.07 Å². The van der Waals surface area contributed by atoms with Gasteiger partial charge in [0.15, 0.2) is 0 Å². The second kappa shape index (κ2) is 4.20. The van der Waals surface area contributed by atoms with Crippen molar-refractivity contribution in [1.82, 2.24) is 0 Å². The first-order valence-corrected chi connectivity index (χ1v) is 5.98. The van der Waals surface area contributed by atoms with E-state index in [0.717, 1.165) is 17.0 Å². The fourth-order valence-electron chi connectivity index (χ4n) is 1.78. The van der Waals surface area contributed by atoms with Gasteiger partial charge in [-0.15, -0.1) is 11.3 Å². The summed E-state index contributed by atoms with van der Waals surface area (Å²) < 4.78 is 27.3. The van der Waals surface area contributed by atoms with Crippen molar-refractivity contribution in [3.8, 4) is 0 Å². The highest BCUT2D eigenvalue weighted by Crippen LogP contribution is 2.36. The molecule has 1 aromatic heterocycles. The van der Waals surface area contributed by atoms with E-state index in [9.17, 15) is 13.9 Å². The number of benzene rings is 1. The standard InChI is InChI=1S/C13H12F2OS/c1-8-6-7-11(17-8)13(2,16)12-9(14)4-3-5-10(12)15/h3-7,16H,1-2H3. The zero-order chi connectivity index (χ0) is 12.6. The molecule has 4 heteroatoms. The van der Waals surface area contributed by atoms with Crippen molar-refractivity contribution in [3.63, 3.8) is 0 Å². The molecular weight excluding hydrogens is 242 g/mol. The molecule has 2 rings (SSSR count). The van der Waals surface area contributed by atoms with Crippen LogP contribution in [-0.4, -0.2) is 5.11 Å². The van der Waals surface area contributed by atoms with Gasteiger partial charge in [0.05, 0.1) is 5.56 Å². The highest BCUT2D eigenvalue weighted by atomic mass is 32.1. The highest BCUT2D eigenvalue weighted by Gasteiger charge is 2.33. The predicted octanol–water partition coefficient (Wildman–Crippen LogP) is 3.59. The molecule has 0 amide bonds. The van der Waals surface area contributed by atoms with Gasteiger partial charge in [0.1, 0.15) is 17.2 Å². The van der Waals surface area contributed by atoms with Gasteiger partial charge in [-0.05, 0) is 38.1 Å². The van der Waals surface area contributed by atoms with E-state index in [1.165, 1.54) is 24.3 Å². The summed E-state index contributed by atoms with van der Waals surface area (Å²) >= 11 is 1.32. The van der Waals surface area contributed by atoms with E-state index in [-0.39, 0.29) is 5.56 Å². The summed E-state index contributed by atoms with van der Waals surface area (Å²) in [6.07, 6.45) is 0. The molecule has 1 N–H and O–H groups in total. The molecule has 0 fully saturated rings. The molecule has 0 spiro atoms. The maximum absolute atomic E-state index is 13.6. The van der Waals surface area contributed by atoms with Crippen molar-refractivity contribution in [1.29, 1.82) is 0 Å². The number of aryl methyl sites for hydroxylation is 1. The number of halogens is 2. The Balaban J connectivity index is 2.59. The summed E-state index contributed by atoms with van der Waals surface area (Å²) in [5.41, 5.74) is -1.95. The van der Waals surface area contributed by atoms with Crippen LogP contribution in [0.1, 0.15) is 22.2 Å². The SMILES string of the molecule is Cc1ccc(C(C)(O)c2c(F)cccc2F)s1. The summed E-state index contributed by atoms with van der Waals surface area (Å²) in [6, 6.07) is 7.07. The number of thiophene rings is 1. The molecule has 1 heterocycles. The number of aliphatic hydroxyl groups is 1. The summed E-state index contributed by atoms with van der Waals surface area (Å²) in [7, 11) is 0. The number of hydrogen-bond acceptors (Lipinski definition) is 2. The molecule has 0 aliphatic heterocycles. The van der Waals surface area contributed by atoms with Gasteiger partial charge < -0.3 is 5.11 Å². The zero-order valence-corrected chi connectivity index (χ0v) is 10.3. The van der Waals surface area contributed by atoms with Crippen molar-refractivity contribution in [2.75, 3.05) is 0 Å².